The molecule has 1 aromatic carbocycles. The zero-order chi connectivity index (χ0) is 14.8. The van der Waals surface area contributed by atoms with Gasteiger partial charge in [0, 0.05) is 6.07 Å². The van der Waals surface area contributed by atoms with Gasteiger partial charge in [-0.2, -0.15) is 0 Å². The van der Waals surface area contributed by atoms with Gasteiger partial charge in [-0.05, 0) is 18.4 Å². The molecule has 20 heavy (non-hydrogen) atoms. The number of rotatable bonds is 10. The summed E-state index contributed by atoms with van der Waals surface area (Å²) in [5, 5.41) is 11.1. The van der Waals surface area contributed by atoms with Crippen molar-refractivity contribution in [2.24, 2.45) is 0 Å². The summed E-state index contributed by atoms with van der Waals surface area (Å²) in [6.07, 6.45) is 10.9. The van der Waals surface area contributed by atoms with E-state index in [4.69, 9.17) is 11.6 Å². The topological polar surface area (TPSA) is 43.1 Å². The van der Waals surface area contributed by atoms with Crippen molar-refractivity contribution in [1.82, 2.24) is 0 Å². The molecular formula is C16H24ClNO2. The third-order valence-corrected chi connectivity index (χ3v) is 3.99. The maximum absolute atomic E-state index is 10.8. The molecule has 0 fully saturated rings. The Labute approximate surface area is 126 Å². The number of unbranched alkanes of at least 4 members (excludes halogenated alkanes) is 7. The van der Waals surface area contributed by atoms with Gasteiger partial charge in [0.25, 0.3) is 5.69 Å². The Morgan fingerprint density at radius 2 is 1.65 bits per heavy atom. The maximum Gasteiger partial charge on any atom is 0.288 e. The van der Waals surface area contributed by atoms with Crippen molar-refractivity contribution in [1.29, 1.82) is 0 Å². The van der Waals surface area contributed by atoms with E-state index < -0.39 is 4.92 Å². The molecule has 0 aromatic heterocycles. The SMILES string of the molecule is CCCCCCCCCCc1cccc([N+](=O)[O-])c1Cl. The molecule has 0 amide bonds. The lowest BCUT2D eigenvalue weighted by molar-refractivity contribution is -0.384. The van der Waals surface area contributed by atoms with E-state index >= 15 is 0 Å². The fraction of sp³-hybridized carbons (Fsp3) is 0.625. The number of benzene rings is 1. The molecule has 0 radical (unpaired) electrons. The molecule has 0 saturated heterocycles. The lowest BCUT2D eigenvalue weighted by Gasteiger charge is -2.05. The second-order valence-electron chi connectivity index (χ2n) is 5.23. The highest BCUT2D eigenvalue weighted by molar-refractivity contribution is 6.33. The summed E-state index contributed by atoms with van der Waals surface area (Å²) in [5.41, 5.74) is 0.913. The quantitative estimate of drug-likeness (QED) is 0.305. The van der Waals surface area contributed by atoms with E-state index in [1.54, 1.807) is 6.07 Å². The van der Waals surface area contributed by atoms with E-state index in [1.807, 2.05) is 6.07 Å². The normalized spacial score (nSPS) is 10.7. The largest absolute Gasteiger partial charge is 0.288 e. The molecule has 0 N–H and O–H groups in total. The van der Waals surface area contributed by atoms with E-state index in [2.05, 4.69) is 6.92 Å². The number of hydrogen-bond acceptors (Lipinski definition) is 2. The highest BCUT2D eigenvalue weighted by Crippen LogP contribution is 2.28. The molecule has 4 heteroatoms. The van der Waals surface area contributed by atoms with Crippen molar-refractivity contribution in [3.05, 3.63) is 38.9 Å². The smallest absolute Gasteiger partial charge is 0.258 e. The Balaban J connectivity index is 2.25. The van der Waals surface area contributed by atoms with Crippen molar-refractivity contribution in [2.75, 3.05) is 0 Å². The maximum atomic E-state index is 10.8. The molecule has 0 saturated carbocycles. The van der Waals surface area contributed by atoms with Gasteiger partial charge >= 0.3 is 0 Å². The Morgan fingerprint density at radius 1 is 1.05 bits per heavy atom. The van der Waals surface area contributed by atoms with E-state index in [9.17, 15) is 10.1 Å². The van der Waals surface area contributed by atoms with Crippen LogP contribution in [-0.2, 0) is 6.42 Å². The van der Waals surface area contributed by atoms with Crippen LogP contribution >= 0.6 is 11.6 Å². The van der Waals surface area contributed by atoms with Gasteiger partial charge in [-0.1, -0.05) is 75.6 Å². The molecule has 3 nitrogen and oxygen atoms in total. The first-order valence-electron chi connectivity index (χ1n) is 7.58. The van der Waals surface area contributed by atoms with Crippen molar-refractivity contribution in [3.63, 3.8) is 0 Å². The summed E-state index contributed by atoms with van der Waals surface area (Å²) >= 11 is 6.06. The van der Waals surface area contributed by atoms with Gasteiger partial charge in [0.1, 0.15) is 5.02 Å². The summed E-state index contributed by atoms with van der Waals surface area (Å²) in [4.78, 5) is 10.4. The molecule has 1 aromatic rings. The fourth-order valence-corrected chi connectivity index (χ4v) is 2.64. The summed E-state index contributed by atoms with van der Waals surface area (Å²) in [6, 6.07) is 5.06. The summed E-state index contributed by atoms with van der Waals surface area (Å²) in [7, 11) is 0. The van der Waals surface area contributed by atoms with Gasteiger partial charge in [0.2, 0.25) is 0 Å². The molecule has 0 spiro atoms. The number of nitro groups is 1. The van der Waals surface area contributed by atoms with Crippen LogP contribution in [0, 0.1) is 10.1 Å². The molecule has 0 atom stereocenters. The summed E-state index contributed by atoms with van der Waals surface area (Å²) in [5.74, 6) is 0. The number of hydrogen-bond donors (Lipinski definition) is 0. The number of nitro benzene ring substituents is 1. The second kappa shape index (κ2) is 9.76. The van der Waals surface area contributed by atoms with Crippen LogP contribution in [-0.4, -0.2) is 4.92 Å². The summed E-state index contributed by atoms with van der Waals surface area (Å²) < 4.78 is 0. The van der Waals surface area contributed by atoms with Gasteiger partial charge in [-0.25, -0.2) is 0 Å². The molecule has 0 heterocycles. The van der Waals surface area contributed by atoms with Crippen molar-refractivity contribution in [3.8, 4) is 0 Å². The molecule has 0 unspecified atom stereocenters. The van der Waals surface area contributed by atoms with Crippen molar-refractivity contribution in [2.45, 2.75) is 64.7 Å². The Morgan fingerprint density at radius 3 is 2.25 bits per heavy atom. The first-order chi connectivity index (χ1) is 9.66. The Bertz CT molecular complexity index is 421. The Kier molecular flexibility index (Phi) is 8.28. The van der Waals surface area contributed by atoms with Crippen LogP contribution < -0.4 is 0 Å². The van der Waals surface area contributed by atoms with Crippen LogP contribution in [0.5, 0.6) is 0 Å². The average molecular weight is 298 g/mol. The first-order valence-corrected chi connectivity index (χ1v) is 7.96. The minimum absolute atomic E-state index is 0.0173. The van der Waals surface area contributed by atoms with Crippen LogP contribution in [0.25, 0.3) is 0 Å². The minimum Gasteiger partial charge on any atom is -0.258 e. The molecular weight excluding hydrogens is 274 g/mol. The third kappa shape index (κ3) is 5.91. The molecule has 0 aliphatic heterocycles. The van der Waals surface area contributed by atoms with Crippen LogP contribution in [0.3, 0.4) is 0 Å². The lowest BCUT2D eigenvalue weighted by Crippen LogP contribution is -1.94. The van der Waals surface area contributed by atoms with Crippen molar-refractivity contribution < 1.29 is 4.92 Å². The minimum atomic E-state index is -0.417. The Hall–Kier alpha value is -1.09. The van der Waals surface area contributed by atoms with Crippen LogP contribution in [0.1, 0.15) is 63.9 Å². The van der Waals surface area contributed by atoms with E-state index in [1.165, 1.54) is 51.0 Å². The predicted molar refractivity (Wildman–Crippen MR) is 84.4 cm³/mol. The fourth-order valence-electron chi connectivity index (χ4n) is 2.35. The van der Waals surface area contributed by atoms with E-state index in [0.29, 0.717) is 5.02 Å². The molecule has 0 aliphatic carbocycles. The van der Waals surface area contributed by atoms with Crippen LogP contribution in [0.2, 0.25) is 5.02 Å². The zero-order valence-corrected chi connectivity index (χ0v) is 13.0. The highest BCUT2D eigenvalue weighted by Gasteiger charge is 2.14. The summed E-state index contributed by atoms with van der Waals surface area (Å²) in [6.45, 7) is 2.22. The number of halogens is 1. The van der Waals surface area contributed by atoms with Crippen LogP contribution in [0.4, 0.5) is 5.69 Å². The molecule has 112 valence electrons. The van der Waals surface area contributed by atoms with E-state index in [-0.39, 0.29) is 5.69 Å². The number of aryl methyl sites for hydroxylation is 1. The standard InChI is InChI=1S/C16H24ClNO2/c1-2-3-4-5-6-7-8-9-11-14-12-10-13-15(16(14)17)18(19)20/h10,12-13H,2-9,11H2,1H3. The predicted octanol–water partition coefficient (Wildman–Crippen LogP) is 5.93. The van der Waals surface area contributed by atoms with Crippen molar-refractivity contribution >= 4 is 17.3 Å². The molecule has 0 bridgehead atoms. The molecule has 1 rings (SSSR count). The second-order valence-corrected chi connectivity index (χ2v) is 5.61. The van der Waals surface area contributed by atoms with Gasteiger partial charge in [-0.15, -0.1) is 0 Å². The highest BCUT2D eigenvalue weighted by atomic mass is 35.5. The van der Waals surface area contributed by atoms with E-state index in [0.717, 1.165) is 18.4 Å². The first kappa shape index (κ1) is 17.0. The van der Waals surface area contributed by atoms with Gasteiger partial charge < -0.3 is 0 Å². The average Bonchev–Trinajstić information content (AvgIpc) is 2.43. The lowest BCUT2D eigenvalue weighted by atomic mass is 10.0. The van der Waals surface area contributed by atoms with Gasteiger partial charge in [0.05, 0.1) is 4.92 Å². The molecule has 0 aliphatic rings. The van der Waals surface area contributed by atoms with Gasteiger partial charge in [0.15, 0.2) is 0 Å². The van der Waals surface area contributed by atoms with Gasteiger partial charge in [-0.3, -0.25) is 10.1 Å². The number of nitrogens with zero attached hydrogens (tertiary/aromatic N) is 1. The van der Waals surface area contributed by atoms with Crippen LogP contribution in [0.15, 0.2) is 18.2 Å². The zero-order valence-electron chi connectivity index (χ0n) is 12.2. The monoisotopic (exact) mass is 297 g/mol. The third-order valence-electron chi connectivity index (χ3n) is 3.55.